The molecule has 0 aromatic heterocycles. The summed E-state index contributed by atoms with van der Waals surface area (Å²) in [6.07, 6.45) is 3.28. The summed E-state index contributed by atoms with van der Waals surface area (Å²) < 4.78 is 11.0. The first kappa shape index (κ1) is 12.2. The molecule has 0 bridgehead atoms. The molecule has 2 N–H and O–H groups in total. The minimum Gasteiger partial charge on any atom is -0.454 e. The van der Waals surface area contributed by atoms with Crippen LogP contribution in [0.5, 0.6) is 11.5 Å². The van der Waals surface area contributed by atoms with E-state index in [1.807, 2.05) is 6.07 Å². The molecular weight excluding hydrogens is 214 g/mol. The monoisotopic (exact) mass is 235 g/mol. The molecule has 0 atom stereocenters. The SMILES string of the molecule is CC(C)c1c(CCCCN)ccc2c1OCO2. The van der Waals surface area contributed by atoms with Crippen LogP contribution in [0.15, 0.2) is 12.1 Å². The molecule has 0 aliphatic carbocycles. The minimum absolute atomic E-state index is 0.349. The van der Waals surface area contributed by atoms with Gasteiger partial charge in [0.1, 0.15) is 0 Å². The average molecular weight is 235 g/mol. The van der Waals surface area contributed by atoms with E-state index in [1.165, 1.54) is 11.1 Å². The van der Waals surface area contributed by atoms with E-state index in [0.29, 0.717) is 12.7 Å². The van der Waals surface area contributed by atoms with Gasteiger partial charge in [0.25, 0.3) is 0 Å². The van der Waals surface area contributed by atoms with Crippen LogP contribution < -0.4 is 15.2 Å². The van der Waals surface area contributed by atoms with Crippen LogP contribution in [0.25, 0.3) is 0 Å². The maximum atomic E-state index is 5.59. The van der Waals surface area contributed by atoms with Crippen LogP contribution >= 0.6 is 0 Å². The van der Waals surface area contributed by atoms with Gasteiger partial charge in [-0.2, -0.15) is 0 Å². The van der Waals surface area contributed by atoms with Crippen LogP contribution in [0.2, 0.25) is 0 Å². The maximum absolute atomic E-state index is 5.59. The molecule has 3 nitrogen and oxygen atoms in total. The zero-order chi connectivity index (χ0) is 12.3. The predicted octanol–water partition coefficient (Wildman–Crippen LogP) is 2.82. The molecule has 0 radical (unpaired) electrons. The zero-order valence-electron chi connectivity index (χ0n) is 10.7. The Labute approximate surface area is 103 Å². The summed E-state index contributed by atoms with van der Waals surface area (Å²) in [6.45, 7) is 5.51. The van der Waals surface area contributed by atoms with Gasteiger partial charge in [0.15, 0.2) is 11.5 Å². The van der Waals surface area contributed by atoms with Gasteiger partial charge in [0.2, 0.25) is 6.79 Å². The minimum atomic E-state index is 0.349. The number of benzene rings is 1. The number of unbranched alkanes of at least 4 members (excludes halogenated alkanes) is 1. The number of aryl methyl sites for hydroxylation is 1. The fourth-order valence-electron chi connectivity index (χ4n) is 2.35. The Morgan fingerprint density at radius 3 is 2.76 bits per heavy atom. The van der Waals surface area contributed by atoms with Crippen molar-refractivity contribution in [2.45, 2.75) is 39.0 Å². The van der Waals surface area contributed by atoms with Crippen molar-refractivity contribution in [2.24, 2.45) is 5.73 Å². The Morgan fingerprint density at radius 1 is 1.24 bits per heavy atom. The molecule has 0 saturated heterocycles. The van der Waals surface area contributed by atoms with Gasteiger partial charge >= 0.3 is 0 Å². The average Bonchev–Trinajstić information content (AvgIpc) is 2.76. The van der Waals surface area contributed by atoms with Crippen molar-refractivity contribution in [2.75, 3.05) is 13.3 Å². The Bertz CT molecular complexity index is 388. The number of hydrogen-bond acceptors (Lipinski definition) is 3. The van der Waals surface area contributed by atoms with Gasteiger partial charge in [0.05, 0.1) is 0 Å². The molecule has 17 heavy (non-hydrogen) atoms. The van der Waals surface area contributed by atoms with Gasteiger partial charge in [-0.25, -0.2) is 0 Å². The molecule has 1 aromatic rings. The van der Waals surface area contributed by atoms with Crippen molar-refractivity contribution in [1.82, 2.24) is 0 Å². The number of fused-ring (bicyclic) bond motifs is 1. The van der Waals surface area contributed by atoms with E-state index in [0.717, 1.165) is 37.3 Å². The fraction of sp³-hybridized carbons (Fsp3) is 0.571. The number of ether oxygens (including phenoxy) is 2. The molecule has 0 fully saturated rings. The smallest absolute Gasteiger partial charge is 0.231 e. The van der Waals surface area contributed by atoms with E-state index in [9.17, 15) is 0 Å². The van der Waals surface area contributed by atoms with Gasteiger partial charge < -0.3 is 15.2 Å². The topological polar surface area (TPSA) is 44.5 Å². The highest BCUT2D eigenvalue weighted by Crippen LogP contribution is 2.41. The van der Waals surface area contributed by atoms with E-state index in [2.05, 4.69) is 19.9 Å². The molecular formula is C14H21NO2. The van der Waals surface area contributed by atoms with Crippen LogP contribution in [0.3, 0.4) is 0 Å². The van der Waals surface area contributed by atoms with E-state index >= 15 is 0 Å². The first-order chi connectivity index (χ1) is 8.24. The number of rotatable bonds is 5. The molecule has 2 rings (SSSR count). The molecule has 1 aromatic carbocycles. The van der Waals surface area contributed by atoms with E-state index in [1.54, 1.807) is 0 Å². The second-order valence-corrected chi connectivity index (χ2v) is 4.77. The lowest BCUT2D eigenvalue weighted by molar-refractivity contribution is 0.173. The third-order valence-electron chi connectivity index (χ3n) is 3.15. The highest BCUT2D eigenvalue weighted by molar-refractivity contribution is 5.53. The van der Waals surface area contributed by atoms with Crippen LogP contribution in [-0.4, -0.2) is 13.3 Å². The zero-order valence-corrected chi connectivity index (χ0v) is 10.7. The Morgan fingerprint density at radius 2 is 2.06 bits per heavy atom. The fourth-order valence-corrected chi connectivity index (χ4v) is 2.35. The van der Waals surface area contributed by atoms with Gasteiger partial charge in [-0.05, 0) is 43.4 Å². The predicted molar refractivity (Wildman–Crippen MR) is 68.6 cm³/mol. The lowest BCUT2D eigenvalue weighted by Gasteiger charge is -2.15. The highest BCUT2D eigenvalue weighted by Gasteiger charge is 2.22. The number of hydrogen-bond donors (Lipinski definition) is 1. The van der Waals surface area contributed by atoms with Crippen LogP contribution in [0.4, 0.5) is 0 Å². The van der Waals surface area contributed by atoms with Crippen molar-refractivity contribution < 1.29 is 9.47 Å². The van der Waals surface area contributed by atoms with Crippen molar-refractivity contribution >= 4 is 0 Å². The largest absolute Gasteiger partial charge is 0.454 e. The highest BCUT2D eigenvalue weighted by atomic mass is 16.7. The Kier molecular flexibility index (Phi) is 3.89. The third kappa shape index (κ3) is 2.55. The van der Waals surface area contributed by atoms with E-state index in [-0.39, 0.29) is 0 Å². The molecule has 1 aliphatic heterocycles. The summed E-state index contributed by atoms with van der Waals surface area (Å²) in [6, 6.07) is 4.19. The summed E-state index contributed by atoms with van der Waals surface area (Å²) in [7, 11) is 0. The van der Waals surface area contributed by atoms with Crippen LogP contribution in [0.1, 0.15) is 43.7 Å². The Hall–Kier alpha value is -1.22. The second-order valence-electron chi connectivity index (χ2n) is 4.77. The van der Waals surface area contributed by atoms with E-state index in [4.69, 9.17) is 15.2 Å². The van der Waals surface area contributed by atoms with Gasteiger partial charge in [-0.3, -0.25) is 0 Å². The summed E-state index contributed by atoms with van der Waals surface area (Å²) in [5, 5.41) is 0. The molecule has 0 unspecified atom stereocenters. The lowest BCUT2D eigenvalue weighted by Crippen LogP contribution is -2.02. The summed E-state index contributed by atoms with van der Waals surface area (Å²) in [4.78, 5) is 0. The third-order valence-corrected chi connectivity index (χ3v) is 3.15. The van der Waals surface area contributed by atoms with Crippen LogP contribution in [-0.2, 0) is 6.42 Å². The normalized spacial score (nSPS) is 13.4. The Balaban J connectivity index is 2.25. The summed E-state index contributed by atoms with van der Waals surface area (Å²) in [5.74, 6) is 2.29. The second kappa shape index (κ2) is 5.41. The molecule has 3 heteroatoms. The lowest BCUT2D eigenvalue weighted by atomic mass is 9.92. The summed E-state index contributed by atoms with van der Waals surface area (Å²) >= 11 is 0. The van der Waals surface area contributed by atoms with Crippen molar-refractivity contribution in [1.29, 1.82) is 0 Å². The maximum Gasteiger partial charge on any atom is 0.231 e. The van der Waals surface area contributed by atoms with Crippen molar-refractivity contribution in [3.63, 3.8) is 0 Å². The van der Waals surface area contributed by atoms with Crippen LogP contribution in [0, 0.1) is 0 Å². The first-order valence-electron chi connectivity index (χ1n) is 6.35. The molecule has 1 aliphatic rings. The van der Waals surface area contributed by atoms with Gasteiger partial charge in [-0.15, -0.1) is 0 Å². The van der Waals surface area contributed by atoms with Crippen molar-refractivity contribution in [3.8, 4) is 11.5 Å². The van der Waals surface area contributed by atoms with Gasteiger partial charge in [-0.1, -0.05) is 19.9 Å². The standard InChI is InChI=1S/C14H21NO2/c1-10(2)13-11(5-3-4-8-15)6-7-12-14(13)17-9-16-12/h6-7,10H,3-5,8-9,15H2,1-2H3. The molecule has 94 valence electrons. The number of nitrogens with two attached hydrogens (primary N) is 1. The molecule has 1 heterocycles. The van der Waals surface area contributed by atoms with Gasteiger partial charge in [0, 0.05) is 5.56 Å². The molecule has 0 saturated carbocycles. The van der Waals surface area contributed by atoms with E-state index < -0.39 is 0 Å². The van der Waals surface area contributed by atoms with Crippen molar-refractivity contribution in [3.05, 3.63) is 23.3 Å². The summed E-state index contributed by atoms with van der Waals surface area (Å²) in [5.41, 5.74) is 8.21. The molecule has 0 amide bonds. The molecule has 0 spiro atoms. The quantitative estimate of drug-likeness (QED) is 0.798. The first-order valence-corrected chi connectivity index (χ1v) is 6.35.